The van der Waals surface area contributed by atoms with Crippen LogP contribution < -0.4 is 5.32 Å². The Kier molecular flexibility index (Phi) is 3.64. The summed E-state index contributed by atoms with van der Waals surface area (Å²) >= 11 is 1.63. The van der Waals surface area contributed by atoms with E-state index in [9.17, 15) is 0 Å². The van der Waals surface area contributed by atoms with Crippen LogP contribution >= 0.6 is 11.3 Å². The van der Waals surface area contributed by atoms with Gasteiger partial charge in [0.25, 0.3) is 0 Å². The summed E-state index contributed by atoms with van der Waals surface area (Å²) in [5.74, 6) is 0. The van der Waals surface area contributed by atoms with E-state index < -0.39 is 0 Å². The van der Waals surface area contributed by atoms with Gasteiger partial charge in [-0.1, -0.05) is 0 Å². The van der Waals surface area contributed by atoms with Crippen molar-refractivity contribution in [1.82, 2.24) is 15.3 Å². The second-order valence-corrected chi connectivity index (χ2v) is 4.52. The van der Waals surface area contributed by atoms with E-state index in [1.54, 1.807) is 11.3 Å². The van der Waals surface area contributed by atoms with Crippen molar-refractivity contribution in [3.63, 3.8) is 0 Å². The van der Waals surface area contributed by atoms with Crippen LogP contribution in [-0.2, 0) is 0 Å². The molecule has 0 saturated heterocycles. The number of pyridine rings is 1. The molecule has 1 N–H and O–H groups in total. The third-order valence-corrected chi connectivity index (χ3v) is 3.21. The summed E-state index contributed by atoms with van der Waals surface area (Å²) in [5.41, 5.74) is 4.22. The molecule has 2 rings (SSSR count). The summed E-state index contributed by atoms with van der Waals surface area (Å²) < 4.78 is 0. The Morgan fingerprint density at radius 3 is 2.56 bits per heavy atom. The summed E-state index contributed by atoms with van der Waals surface area (Å²) in [6.07, 6.45) is 3.64. The van der Waals surface area contributed by atoms with Gasteiger partial charge in [-0.3, -0.25) is 4.98 Å². The lowest BCUT2D eigenvalue weighted by molar-refractivity contribution is 0.487. The fourth-order valence-electron chi connectivity index (χ4n) is 1.64. The summed E-state index contributed by atoms with van der Waals surface area (Å²) in [6.45, 7) is 4.28. The van der Waals surface area contributed by atoms with Crippen molar-refractivity contribution in [2.45, 2.75) is 25.9 Å². The van der Waals surface area contributed by atoms with Crippen LogP contribution in [0.2, 0.25) is 0 Å². The van der Waals surface area contributed by atoms with Gasteiger partial charge in [-0.25, -0.2) is 4.98 Å². The first-order valence-corrected chi connectivity index (χ1v) is 6.25. The molecule has 2 unspecified atom stereocenters. The highest BCUT2D eigenvalue weighted by Gasteiger charge is 2.11. The topological polar surface area (TPSA) is 37.8 Å². The van der Waals surface area contributed by atoms with Crippen LogP contribution in [0.25, 0.3) is 0 Å². The highest BCUT2D eigenvalue weighted by molar-refractivity contribution is 7.07. The number of thiazole rings is 1. The first-order chi connectivity index (χ1) is 7.77. The molecule has 84 valence electrons. The molecule has 0 saturated carbocycles. The molecular weight excluding hydrogens is 218 g/mol. The van der Waals surface area contributed by atoms with E-state index in [2.05, 4.69) is 34.5 Å². The summed E-state index contributed by atoms with van der Waals surface area (Å²) in [7, 11) is 0. The van der Waals surface area contributed by atoms with Crippen LogP contribution in [0, 0.1) is 0 Å². The normalized spacial score (nSPS) is 14.6. The third kappa shape index (κ3) is 2.65. The SMILES string of the molecule is CC(NC(C)c1cscn1)c1ccncc1. The van der Waals surface area contributed by atoms with Crippen LogP contribution in [0.15, 0.2) is 35.4 Å². The van der Waals surface area contributed by atoms with E-state index in [4.69, 9.17) is 0 Å². The third-order valence-electron chi connectivity index (χ3n) is 2.60. The number of aromatic nitrogens is 2. The molecule has 0 spiro atoms. The number of rotatable bonds is 4. The van der Waals surface area contributed by atoms with Crippen molar-refractivity contribution in [1.29, 1.82) is 0 Å². The molecule has 0 aliphatic heterocycles. The standard InChI is InChI=1S/C12H15N3S/c1-9(11-3-5-13-6-4-11)15-10(2)12-7-16-8-14-12/h3-10,15H,1-2H3. The van der Waals surface area contributed by atoms with Gasteiger partial charge in [0.2, 0.25) is 0 Å². The minimum absolute atomic E-state index is 0.273. The van der Waals surface area contributed by atoms with Gasteiger partial charge in [-0.05, 0) is 31.5 Å². The van der Waals surface area contributed by atoms with Crippen LogP contribution in [0.1, 0.15) is 37.2 Å². The minimum atomic E-state index is 0.273. The predicted octanol–water partition coefficient (Wildman–Crippen LogP) is 2.95. The van der Waals surface area contributed by atoms with Gasteiger partial charge < -0.3 is 5.32 Å². The van der Waals surface area contributed by atoms with E-state index in [-0.39, 0.29) is 6.04 Å². The van der Waals surface area contributed by atoms with E-state index in [1.165, 1.54) is 5.56 Å². The predicted molar refractivity (Wildman–Crippen MR) is 66.3 cm³/mol. The average Bonchev–Trinajstić information content (AvgIpc) is 2.83. The molecule has 2 heterocycles. The van der Waals surface area contributed by atoms with Crippen molar-refractivity contribution in [2.24, 2.45) is 0 Å². The molecule has 4 heteroatoms. The summed E-state index contributed by atoms with van der Waals surface area (Å²) in [6, 6.07) is 4.64. The number of nitrogens with one attached hydrogen (secondary N) is 1. The number of nitrogens with zero attached hydrogens (tertiary/aromatic N) is 2. The Balaban J connectivity index is 2.00. The molecular formula is C12H15N3S. The Bertz CT molecular complexity index is 413. The van der Waals surface area contributed by atoms with Gasteiger partial charge >= 0.3 is 0 Å². The second-order valence-electron chi connectivity index (χ2n) is 3.80. The number of hydrogen-bond donors (Lipinski definition) is 1. The number of hydrogen-bond acceptors (Lipinski definition) is 4. The average molecular weight is 233 g/mol. The molecule has 0 fully saturated rings. The molecule has 0 aliphatic carbocycles. The molecule has 0 aromatic carbocycles. The molecule has 16 heavy (non-hydrogen) atoms. The smallest absolute Gasteiger partial charge is 0.0795 e. The molecule has 2 aromatic heterocycles. The lowest BCUT2D eigenvalue weighted by Crippen LogP contribution is -2.22. The van der Waals surface area contributed by atoms with Gasteiger partial charge in [-0.2, -0.15) is 0 Å². The van der Waals surface area contributed by atoms with Crippen molar-refractivity contribution in [3.05, 3.63) is 46.7 Å². The molecule has 2 aromatic rings. The van der Waals surface area contributed by atoms with Crippen molar-refractivity contribution >= 4 is 11.3 Å². The molecule has 0 radical (unpaired) electrons. The zero-order valence-electron chi connectivity index (χ0n) is 9.42. The Morgan fingerprint density at radius 2 is 1.94 bits per heavy atom. The molecule has 2 atom stereocenters. The van der Waals surface area contributed by atoms with Crippen LogP contribution in [0.5, 0.6) is 0 Å². The molecule has 0 aliphatic rings. The zero-order valence-corrected chi connectivity index (χ0v) is 10.2. The van der Waals surface area contributed by atoms with E-state index in [0.29, 0.717) is 6.04 Å². The molecule has 0 bridgehead atoms. The van der Waals surface area contributed by atoms with Crippen LogP contribution in [-0.4, -0.2) is 9.97 Å². The Morgan fingerprint density at radius 1 is 1.19 bits per heavy atom. The fraction of sp³-hybridized carbons (Fsp3) is 0.333. The minimum Gasteiger partial charge on any atom is -0.302 e. The fourth-order valence-corrected chi connectivity index (χ4v) is 2.29. The van der Waals surface area contributed by atoms with Gasteiger partial charge in [0.15, 0.2) is 0 Å². The quantitative estimate of drug-likeness (QED) is 0.882. The lowest BCUT2D eigenvalue weighted by Gasteiger charge is -2.18. The lowest BCUT2D eigenvalue weighted by atomic mass is 10.1. The van der Waals surface area contributed by atoms with E-state index in [1.807, 2.05) is 30.0 Å². The first kappa shape index (κ1) is 11.2. The van der Waals surface area contributed by atoms with E-state index in [0.717, 1.165) is 5.69 Å². The van der Waals surface area contributed by atoms with Crippen LogP contribution in [0.4, 0.5) is 0 Å². The zero-order chi connectivity index (χ0) is 11.4. The highest BCUT2D eigenvalue weighted by Crippen LogP contribution is 2.18. The first-order valence-electron chi connectivity index (χ1n) is 5.31. The van der Waals surface area contributed by atoms with Crippen molar-refractivity contribution < 1.29 is 0 Å². The van der Waals surface area contributed by atoms with Crippen LogP contribution in [0.3, 0.4) is 0 Å². The van der Waals surface area contributed by atoms with Gasteiger partial charge in [-0.15, -0.1) is 11.3 Å². The van der Waals surface area contributed by atoms with Gasteiger partial charge in [0.1, 0.15) is 0 Å². The summed E-state index contributed by atoms with van der Waals surface area (Å²) in [5, 5.41) is 5.60. The summed E-state index contributed by atoms with van der Waals surface area (Å²) in [4.78, 5) is 8.32. The van der Waals surface area contributed by atoms with Crippen molar-refractivity contribution in [3.8, 4) is 0 Å². The Labute approximate surface area is 99.6 Å². The highest BCUT2D eigenvalue weighted by atomic mass is 32.1. The largest absolute Gasteiger partial charge is 0.302 e. The maximum atomic E-state index is 4.31. The maximum Gasteiger partial charge on any atom is 0.0795 e. The van der Waals surface area contributed by atoms with Gasteiger partial charge in [0, 0.05) is 29.9 Å². The molecule has 3 nitrogen and oxygen atoms in total. The molecule has 0 amide bonds. The van der Waals surface area contributed by atoms with Crippen molar-refractivity contribution in [2.75, 3.05) is 0 Å². The second kappa shape index (κ2) is 5.18. The maximum absolute atomic E-state index is 4.31. The monoisotopic (exact) mass is 233 g/mol. The Hall–Kier alpha value is -1.26. The van der Waals surface area contributed by atoms with Gasteiger partial charge in [0.05, 0.1) is 11.2 Å². The van der Waals surface area contributed by atoms with E-state index >= 15 is 0 Å².